The van der Waals surface area contributed by atoms with Crippen LogP contribution in [0.1, 0.15) is 5.56 Å². The molecule has 0 aliphatic rings. The number of nitrogen functional groups attached to an aromatic ring is 1. The number of rotatable bonds is 4. The van der Waals surface area contributed by atoms with Gasteiger partial charge in [-0.25, -0.2) is 18.2 Å². The quantitative estimate of drug-likeness (QED) is 0.782. The van der Waals surface area contributed by atoms with Gasteiger partial charge in [0, 0.05) is 22.2 Å². The van der Waals surface area contributed by atoms with E-state index in [1.165, 1.54) is 0 Å². The summed E-state index contributed by atoms with van der Waals surface area (Å²) in [7, 11) is -3.85. The zero-order valence-electron chi connectivity index (χ0n) is 9.39. The van der Waals surface area contributed by atoms with Gasteiger partial charge in [0.05, 0.1) is 0 Å². The molecule has 102 valence electrons. The van der Waals surface area contributed by atoms with Crippen LogP contribution in [0.3, 0.4) is 0 Å². The van der Waals surface area contributed by atoms with E-state index in [0.717, 1.165) is 0 Å². The van der Waals surface area contributed by atoms with Gasteiger partial charge >= 0.3 is 0 Å². The molecule has 0 atom stereocenters. The fourth-order valence-corrected chi connectivity index (χ4v) is 2.70. The van der Waals surface area contributed by atoms with E-state index in [0.29, 0.717) is 15.6 Å². The second kappa shape index (κ2) is 5.33. The van der Waals surface area contributed by atoms with Crippen LogP contribution in [0, 0.1) is 0 Å². The summed E-state index contributed by atoms with van der Waals surface area (Å²) in [6.45, 7) is -0.0680. The molecule has 1 aromatic carbocycles. The third kappa shape index (κ3) is 3.16. The van der Waals surface area contributed by atoms with Crippen LogP contribution in [0.2, 0.25) is 10.0 Å². The summed E-state index contributed by atoms with van der Waals surface area (Å²) in [5.74, 6) is -0.156. The Morgan fingerprint density at radius 2 is 1.95 bits per heavy atom. The van der Waals surface area contributed by atoms with Crippen molar-refractivity contribution in [2.45, 2.75) is 11.7 Å². The minimum absolute atomic E-state index is 0.0680. The number of anilines is 1. The van der Waals surface area contributed by atoms with Crippen molar-refractivity contribution in [1.82, 2.24) is 19.9 Å². The lowest BCUT2D eigenvalue weighted by Gasteiger charge is -2.07. The van der Waals surface area contributed by atoms with Gasteiger partial charge in [0.15, 0.2) is 0 Å². The van der Waals surface area contributed by atoms with E-state index in [4.69, 9.17) is 28.9 Å². The molecule has 0 spiro atoms. The van der Waals surface area contributed by atoms with E-state index in [-0.39, 0.29) is 17.6 Å². The lowest BCUT2D eigenvalue weighted by atomic mass is 10.2. The molecule has 1 aromatic heterocycles. The summed E-state index contributed by atoms with van der Waals surface area (Å²) >= 11 is 11.9. The maximum atomic E-state index is 11.9. The third-order valence-corrected chi connectivity index (χ3v) is 4.16. The number of hydrogen-bond donors (Lipinski definition) is 3. The number of hydrogen-bond acceptors (Lipinski definition) is 5. The molecule has 0 aliphatic carbocycles. The smallest absolute Gasteiger partial charge is 0.276 e. The zero-order chi connectivity index (χ0) is 14.0. The van der Waals surface area contributed by atoms with Crippen LogP contribution >= 0.6 is 23.2 Å². The topological polar surface area (TPSA) is 114 Å². The van der Waals surface area contributed by atoms with Crippen molar-refractivity contribution in [3.63, 3.8) is 0 Å². The predicted molar refractivity (Wildman–Crippen MR) is 71.3 cm³/mol. The lowest BCUT2D eigenvalue weighted by Crippen LogP contribution is -2.24. The summed E-state index contributed by atoms with van der Waals surface area (Å²) in [6, 6.07) is 4.90. The highest BCUT2D eigenvalue weighted by Gasteiger charge is 2.19. The summed E-state index contributed by atoms with van der Waals surface area (Å²) in [6.07, 6.45) is 0. The number of nitrogens with two attached hydrogens (primary N) is 1. The van der Waals surface area contributed by atoms with Crippen molar-refractivity contribution in [1.29, 1.82) is 0 Å². The molecule has 0 bridgehead atoms. The number of aromatic nitrogens is 3. The van der Waals surface area contributed by atoms with Gasteiger partial charge in [0.25, 0.3) is 15.2 Å². The van der Waals surface area contributed by atoms with Crippen molar-refractivity contribution in [2.75, 3.05) is 5.73 Å². The number of benzene rings is 1. The molecule has 0 saturated carbocycles. The van der Waals surface area contributed by atoms with Crippen LogP contribution in [0.15, 0.2) is 23.4 Å². The molecule has 7 nitrogen and oxygen atoms in total. The molecule has 19 heavy (non-hydrogen) atoms. The zero-order valence-corrected chi connectivity index (χ0v) is 11.7. The van der Waals surface area contributed by atoms with Crippen LogP contribution in [0.4, 0.5) is 5.95 Å². The molecular weight excluding hydrogens is 313 g/mol. The Kier molecular flexibility index (Phi) is 3.95. The van der Waals surface area contributed by atoms with Gasteiger partial charge in [0.2, 0.25) is 5.95 Å². The maximum absolute atomic E-state index is 11.9. The first kappa shape index (κ1) is 14.1. The van der Waals surface area contributed by atoms with E-state index in [9.17, 15) is 8.42 Å². The highest BCUT2D eigenvalue weighted by atomic mass is 35.5. The summed E-state index contributed by atoms with van der Waals surface area (Å²) in [5, 5.41) is 6.02. The minimum Gasteiger partial charge on any atom is -0.366 e. The highest BCUT2D eigenvalue weighted by molar-refractivity contribution is 7.89. The van der Waals surface area contributed by atoms with Gasteiger partial charge in [0.1, 0.15) is 0 Å². The number of sulfonamides is 1. The molecule has 0 radical (unpaired) electrons. The molecule has 0 unspecified atom stereocenters. The average molecular weight is 322 g/mol. The van der Waals surface area contributed by atoms with E-state index >= 15 is 0 Å². The Balaban J connectivity index is 2.19. The highest BCUT2D eigenvalue weighted by Crippen LogP contribution is 2.24. The number of aromatic amines is 1. The maximum Gasteiger partial charge on any atom is 0.276 e. The van der Waals surface area contributed by atoms with Gasteiger partial charge in [-0.1, -0.05) is 29.3 Å². The number of halogens is 2. The molecule has 0 amide bonds. The molecule has 4 N–H and O–H groups in total. The second-order valence-corrected chi connectivity index (χ2v) is 6.02. The van der Waals surface area contributed by atoms with E-state index < -0.39 is 10.0 Å². The van der Waals surface area contributed by atoms with Gasteiger partial charge in [-0.3, -0.25) is 0 Å². The number of H-pyrrole nitrogens is 1. The summed E-state index contributed by atoms with van der Waals surface area (Å²) < 4.78 is 26.0. The first-order chi connectivity index (χ1) is 8.90. The van der Waals surface area contributed by atoms with E-state index in [1.54, 1.807) is 18.2 Å². The molecule has 1 heterocycles. The molecule has 2 rings (SSSR count). The largest absolute Gasteiger partial charge is 0.366 e. The van der Waals surface area contributed by atoms with Crippen LogP contribution in [0.25, 0.3) is 0 Å². The molecule has 0 aliphatic heterocycles. The standard InChI is InChI=1S/C9H9Cl2N5O2S/c10-6-2-1-3-7(11)5(6)4-13-19(17,18)9-14-8(12)15-16-9/h1-3,13H,4H2,(H3,12,14,15,16). The van der Waals surface area contributed by atoms with Crippen molar-refractivity contribution in [2.24, 2.45) is 0 Å². The van der Waals surface area contributed by atoms with E-state index in [1.807, 2.05) is 0 Å². The van der Waals surface area contributed by atoms with Crippen LogP contribution in [-0.4, -0.2) is 23.6 Å². The van der Waals surface area contributed by atoms with Crippen molar-refractivity contribution in [3.05, 3.63) is 33.8 Å². The van der Waals surface area contributed by atoms with E-state index in [2.05, 4.69) is 19.9 Å². The van der Waals surface area contributed by atoms with Gasteiger partial charge in [-0.15, -0.1) is 5.10 Å². The first-order valence-electron chi connectivity index (χ1n) is 5.00. The number of nitrogens with one attached hydrogen (secondary N) is 2. The van der Waals surface area contributed by atoms with Crippen molar-refractivity contribution >= 4 is 39.2 Å². The number of nitrogens with zero attached hydrogens (tertiary/aromatic N) is 2. The van der Waals surface area contributed by atoms with Crippen molar-refractivity contribution in [3.8, 4) is 0 Å². The Hall–Kier alpha value is -1.35. The van der Waals surface area contributed by atoms with Crippen LogP contribution < -0.4 is 10.5 Å². The Labute approximate surface area is 119 Å². The Morgan fingerprint density at radius 3 is 2.47 bits per heavy atom. The fourth-order valence-electron chi connectivity index (χ4n) is 1.32. The molecule has 0 fully saturated rings. The van der Waals surface area contributed by atoms with Crippen LogP contribution in [0.5, 0.6) is 0 Å². The van der Waals surface area contributed by atoms with Gasteiger partial charge < -0.3 is 5.73 Å². The SMILES string of the molecule is Nc1n[nH]c(S(=O)(=O)NCc2c(Cl)cccc2Cl)n1. The van der Waals surface area contributed by atoms with Gasteiger partial charge in [-0.2, -0.15) is 4.98 Å². The van der Waals surface area contributed by atoms with Crippen molar-refractivity contribution < 1.29 is 8.42 Å². The molecule has 10 heteroatoms. The fraction of sp³-hybridized carbons (Fsp3) is 0.111. The second-order valence-electron chi connectivity index (χ2n) is 3.52. The first-order valence-corrected chi connectivity index (χ1v) is 7.24. The molecular formula is C9H9Cl2N5O2S. The molecule has 0 saturated heterocycles. The normalized spacial score (nSPS) is 11.7. The minimum atomic E-state index is -3.85. The Morgan fingerprint density at radius 1 is 1.32 bits per heavy atom. The lowest BCUT2D eigenvalue weighted by molar-refractivity contribution is 0.572. The predicted octanol–water partition coefficient (Wildman–Crippen LogP) is 1.17. The summed E-state index contributed by atoms with van der Waals surface area (Å²) in [4.78, 5) is 3.53. The summed E-state index contributed by atoms with van der Waals surface area (Å²) in [5.41, 5.74) is 5.72. The molecule has 2 aromatic rings. The monoisotopic (exact) mass is 321 g/mol. The Bertz CT molecular complexity index is 680. The average Bonchev–Trinajstić information content (AvgIpc) is 2.76. The third-order valence-electron chi connectivity index (χ3n) is 2.24. The van der Waals surface area contributed by atoms with Gasteiger partial charge in [-0.05, 0) is 12.1 Å². The van der Waals surface area contributed by atoms with Crippen LogP contribution in [-0.2, 0) is 16.6 Å².